The summed E-state index contributed by atoms with van der Waals surface area (Å²) < 4.78 is 0. The Bertz CT molecular complexity index is 563. The topological polar surface area (TPSA) is 12.0 Å². The molecule has 2 aromatic carbocycles. The standard InChI is InChI=1S/C17H20ClN/c1-4-14-9-7-8-12(2)17(14)19-13(3)15-10-5-6-11-16(15)18/h5-11,13,19H,4H2,1-3H3. The molecule has 2 rings (SSSR count). The van der Waals surface area contributed by atoms with Crippen LogP contribution in [0.3, 0.4) is 0 Å². The number of benzene rings is 2. The maximum absolute atomic E-state index is 6.26. The monoisotopic (exact) mass is 273 g/mol. The van der Waals surface area contributed by atoms with Gasteiger partial charge >= 0.3 is 0 Å². The Hall–Kier alpha value is -1.47. The second kappa shape index (κ2) is 6.12. The number of rotatable bonds is 4. The third-order valence-electron chi connectivity index (χ3n) is 3.47. The summed E-state index contributed by atoms with van der Waals surface area (Å²) in [6.45, 7) is 6.47. The first kappa shape index (κ1) is 14.0. The van der Waals surface area contributed by atoms with E-state index in [4.69, 9.17) is 11.6 Å². The summed E-state index contributed by atoms with van der Waals surface area (Å²) in [6.07, 6.45) is 1.03. The van der Waals surface area contributed by atoms with Gasteiger partial charge in [-0.15, -0.1) is 0 Å². The number of halogens is 1. The van der Waals surface area contributed by atoms with Gasteiger partial charge in [0.25, 0.3) is 0 Å². The van der Waals surface area contributed by atoms with E-state index in [0.29, 0.717) is 0 Å². The zero-order valence-electron chi connectivity index (χ0n) is 11.7. The minimum atomic E-state index is 0.195. The number of hydrogen-bond donors (Lipinski definition) is 1. The number of para-hydroxylation sites is 1. The molecule has 0 amide bonds. The molecule has 100 valence electrons. The van der Waals surface area contributed by atoms with Crippen LogP contribution in [0.15, 0.2) is 42.5 Å². The van der Waals surface area contributed by atoms with Crippen LogP contribution in [-0.4, -0.2) is 0 Å². The molecule has 0 saturated heterocycles. The molecule has 0 aliphatic heterocycles. The van der Waals surface area contributed by atoms with Crippen LogP contribution < -0.4 is 5.32 Å². The summed E-state index contributed by atoms with van der Waals surface area (Å²) in [5, 5.41) is 4.42. The summed E-state index contributed by atoms with van der Waals surface area (Å²) in [7, 11) is 0. The summed E-state index contributed by atoms with van der Waals surface area (Å²) >= 11 is 6.26. The van der Waals surface area contributed by atoms with Crippen LogP contribution in [0.5, 0.6) is 0 Å². The van der Waals surface area contributed by atoms with Crippen LogP contribution in [0.1, 0.15) is 36.6 Å². The molecular formula is C17H20ClN. The van der Waals surface area contributed by atoms with Crippen LogP contribution >= 0.6 is 11.6 Å². The zero-order chi connectivity index (χ0) is 13.8. The molecule has 1 N–H and O–H groups in total. The molecule has 0 spiro atoms. The Morgan fingerprint density at radius 3 is 2.53 bits per heavy atom. The molecule has 0 aliphatic rings. The van der Waals surface area contributed by atoms with Crippen molar-refractivity contribution in [2.24, 2.45) is 0 Å². The highest BCUT2D eigenvalue weighted by Crippen LogP contribution is 2.29. The van der Waals surface area contributed by atoms with Gasteiger partial charge in [-0.1, -0.05) is 54.9 Å². The largest absolute Gasteiger partial charge is 0.378 e. The van der Waals surface area contributed by atoms with Gasteiger partial charge in [0.1, 0.15) is 0 Å². The highest BCUT2D eigenvalue weighted by Gasteiger charge is 2.11. The van der Waals surface area contributed by atoms with E-state index in [0.717, 1.165) is 17.0 Å². The third kappa shape index (κ3) is 3.10. The highest BCUT2D eigenvalue weighted by atomic mass is 35.5. The number of hydrogen-bond acceptors (Lipinski definition) is 1. The molecule has 1 unspecified atom stereocenters. The first-order valence-corrected chi connectivity index (χ1v) is 7.10. The summed E-state index contributed by atoms with van der Waals surface area (Å²) in [5.74, 6) is 0. The molecule has 2 heteroatoms. The number of anilines is 1. The van der Waals surface area contributed by atoms with E-state index in [2.05, 4.69) is 50.4 Å². The Balaban J connectivity index is 2.29. The van der Waals surface area contributed by atoms with Gasteiger partial charge in [0, 0.05) is 10.7 Å². The molecule has 0 heterocycles. The Labute approximate surface area is 120 Å². The summed E-state index contributed by atoms with van der Waals surface area (Å²) in [6, 6.07) is 14.6. The maximum Gasteiger partial charge on any atom is 0.0500 e. The zero-order valence-corrected chi connectivity index (χ0v) is 12.5. The van der Waals surface area contributed by atoms with E-state index in [1.807, 2.05) is 18.2 Å². The first-order valence-electron chi connectivity index (χ1n) is 6.73. The Morgan fingerprint density at radius 1 is 1.11 bits per heavy atom. The van der Waals surface area contributed by atoms with E-state index in [1.54, 1.807) is 0 Å². The van der Waals surface area contributed by atoms with Crippen LogP contribution in [0, 0.1) is 6.92 Å². The highest BCUT2D eigenvalue weighted by molar-refractivity contribution is 6.31. The van der Waals surface area contributed by atoms with Gasteiger partial charge in [-0.05, 0) is 43.0 Å². The second-order valence-electron chi connectivity index (χ2n) is 4.85. The van der Waals surface area contributed by atoms with Gasteiger partial charge in [-0.3, -0.25) is 0 Å². The van der Waals surface area contributed by atoms with Crippen molar-refractivity contribution in [2.45, 2.75) is 33.2 Å². The van der Waals surface area contributed by atoms with Gasteiger partial charge in [0.2, 0.25) is 0 Å². The lowest BCUT2D eigenvalue weighted by molar-refractivity contribution is 0.877. The van der Waals surface area contributed by atoms with Crippen molar-refractivity contribution in [3.8, 4) is 0 Å². The summed E-state index contributed by atoms with van der Waals surface area (Å²) in [5.41, 5.74) is 4.99. The molecule has 1 nitrogen and oxygen atoms in total. The van der Waals surface area contributed by atoms with Crippen LogP contribution in [0.25, 0.3) is 0 Å². The molecule has 0 aromatic heterocycles. The normalized spacial score (nSPS) is 12.2. The average molecular weight is 274 g/mol. The smallest absolute Gasteiger partial charge is 0.0500 e. The average Bonchev–Trinajstić information content (AvgIpc) is 2.41. The van der Waals surface area contributed by atoms with Crippen molar-refractivity contribution >= 4 is 17.3 Å². The van der Waals surface area contributed by atoms with Gasteiger partial charge in [-0.25, -0.2) is 0 Å². The van der Waals surface area contributed by atoms with Crippen LogP contribution in [-0.2, 0) is 6.42 Å². The molecule has 0 bridgehead atoms. The SMILES string of the molecule is CCc1cccc(C)c1NC(C)c1ccccc1Cl. The number of aryl methyl sites for hydroxylation is 2. The molecule has 0 aliphatic carbocycles. The fourth-order valence-electron chi connectivity index (χ4n) is 2.35. The minimum Gasteiger partial charge on any atom is -0.378 e. The van der Waals surface area contributed by atoms with Crippen LogP contribution in [0.4, 0.5) is 5.69 Å². The number of nitrogens with one attached hydrogen (secondary N) is 1. The quantitative estimate of drug-likeness (QED) is 0.788. The predicted molar refractivity (Wildman–Crippen MR) is 84.0 cm³/mol. The summed E-state index contributed by atoms with van der Waals surface area (Å²) in [4.78, 5) is 0. The van der Waals surface area contributed by atoms with Crippen molar-refractivity contribution in [3.63, 3.8) is 0 Å². The minimum absolute atomic E-state index is 0.195. The van der Waals surface area contributed by atoms with Crippen molar-refractivity contribution in [3.05, 3.63) is 64.2 Å². The molecule has 1 atom stereocenters. The third-order valence-corrected chi connectivity index (χ3v) is 3.82. The van der Waals surface area contributed by atoms with Gasteiger partial charge in [-0.2, -0.15) is 0 Å². The van der Waals surface area contributed by atoms with Crippen LogP contribution in [0.2, 0.25) is 5.02 Å². The fourth-order valence-corrected chi connectivity index (χ4v) is 2.65. The van der Waals surface area contributed by atoms with Crippen molar-refractivity contribution in [2.75, 3.05) is 5.32 Å². The van der Waals surface area contributed by atoms with E-state index in [-0.39, 0.29) is 6.04 Å². The van der Waals surface area contributed by atoms with Gasteiger partial charge < -0.3 is 5.32 Å². The van der Waals surface area contributed by atoms with Gasteiger partial charge in [0.05, 0.1) is 6.04 Å². The first-order chi connectivity index (χ1) is 9.13. The molecule has 2 aromatic rings. The molecule has 0 fully saturated rings. The molecule has 19 heavy (non-hydrogen) atoms. The van der Waals surface area contributed by atoms with E-state index in [1.165, 1.54) is 16.8 Å². The van der Waals surface area contributed by atoms with E-state index in [9.17, 15) is 0 Å². The Kier molecular flexibility index (Phi) is 4.49. The van der Waals surface area contributed by atoms with Crippen molar-refractivity contribution in [1.82, 2.24) is 0 Å². The molecule has 0 saturated carbocycles. The second-order valence-corrected chi connectivity index (χ2v) is 5.26. The lowest BCUT2D eigenvalue weighted by atomic mass is 10.0. The van der Waals surface area contributed by atoms with Crippen molar-refractivity contribution in [1.29, 1.82) is 0 Å². The molecule has 0 radical (unpaired) electrons. The maximum atomic E-state index is 6.26. The predicted octanol–water partition coefficient (Wildman–Crippen LogP) is 5.38. The van der Waals surface area contributed by atoms with E-state index >= 15 is 0 Å². The Morgan fingerprint density at radius 2 is 1.84 bits per heavy atom. The van der Waals surface area contributed by atoms with E-state index < -0.39 is 0 Å². The van der Waals surface area contributed by atoms with Crippen molar-refractivity contribution < 1.29 is 0 Å². The lowest BCUT2D eigenvalue weighted by Gasteiger charge is -2.21. The molecular weight excluding hydrogens is 254 g/mol. The van der Waals surface area contributed by atoms with Gasteiger partial charge in [0.15, 0.2) is 0 Å². The lowest BCUT2D eigenvalue weighted by Crippen LogP contribution is -2.10. The fraction of sp³-hybridized carbons (Fsp3) is 0.294.